The second-order valence-corrected chi connectivity index (χ2v) is 10.5. The summed E-state index contributed by atoms with van der Waals surface area (Å²) >= 11 is 0. The molecule has 0 saturated heterocycles. The van der Waals surface area contributed by atoms with E-state index < -0.39 is 15.9 Å². The normalized spacial score (nSPS) is 12.3. The summed E-state index contributed by atoms with van der Waals surface area (Å²) in [4.78, 5) is 16.4. The molecule has 3 aromatic carbocycles. The van der Waals surface area contributed by atoms with E-state index in [0.29, 0.717) is 0 Å². The highest BCUT2D eigenvalue weighted by Gasteiger charge is 2.25. The van der Waals surface area contributed by atoms with E-state index in [9.17, 15) is 13.2 Å². The molecule has 1 aromatic heterocycles. The van der Waals surface area contributed by atoms with E-state index in [2.05, 4.69) is 4.98 Å². The van der Waals surface area contributed by atoms with Gasteiger partial charge in [-0.25, -0.2) is 8.42 Å². The Morgan fingerprint density at radius 1 is 0.861 bits per heavy atom. The van der Waals surface area contributed by atoms with Gasteiger partial charge in [0.1, 0.15) is 0 Å². The molecule has 0 aliphatic carbocycles. The highest BCUT2D eigenvalue weighted by atomic mass is 32.2. The number of methoxy groups -OCH3 is 1. The number of carbonyl (C=O) groups is 1. The van der Waals surface area contributed by atoms with E-state index in [-0.39, 0.29) is 24.0 Å². The average Bonchev–Trinajstić information content (AvgIpc) is 2.93. The van der Waals surface area contributed by atoms with Crippen LogP contribution in [0.25, 0.3) is 11.1 Å². The molecule has 0 aliphatic heterocycles. The summed E-state index contributed by atoms with van der Waals surface area (Å²) in [5, 5.41) is 0. The van der Waals surface area contributed by atoms with Gasteiger partial charge < -0.3 is 4.74 Å². The van der Waals surface area contributed by atoms with Crippen molar-refractivity contribution in [2.45, 2.75) is 30.8 Å². The largest absolute Gasteiger partial charge is 0.469 e. The lowest BCUT2D eigenvalue weighted by Gasteiger charge is -2.23. The third-order valence-electron chi connectivity index (χ3n) is 6.05. The van der Waals surface area contributed by atoms with Crippen LogP contribution >= 0.6 is 0 Å². The van der Waals surface area contributed by atoms with Gasteiger partial charge in [-0.1, -0.05) is 72.8 Å². The number of ether oxygens (including phenoxy) is 1. The van der Waals surface area contributed by atoms with Gasteiger partial charge >= 0.3 is 5.97 Å². The maximum absolute atomic E-state index is 13.6. The summed E-state index contributed by atoms with van der Waals surface area (Å²) in [6.07, 6.45) is 3.52. The van der Waals surface area contributed by atoms with Crippen molar-refractivity contribution in [1.29, 1.82) is 0 Å². The van der Waals surface area contributed by atoms with Gasteiger partial charge in [0, 0.05) is 25.5 Å². The first-order valence-electron chi connectivity index (χ1n) is 11.6. The Morgan fingerprint density at radius 2 is 1.58 bits per heavy atom. The average molecular weight is 501 g/mol. The zero-order valence-electron chi connectivity index (χ0n) is 20.2. The lowest BCUT2D eigenvalue weighted by Crippen LogP contribution is -2.30. The fourth-order valence-corrected chi connectivity index (χ4v) is 5.42. The maximum atomic E-state index is 13.6. The number of nitrogens with zero attached hydrogens (tertiary/aromatic N) is 2. The fourth-order valence-electron chi connectivity index (χ4n) is 3.98. The van der Waals surface area contributed by atoms with Crippen molar-refractivity contribution in [3.05, 3.63) is 120 Å². The third-order valence-corrected chi connectivity index (χ3v) is 7.86. The number of sulfonamides is 1. The van der Waals surface area contributed by atoms with Gasteiger partial charge in [-0.2, -0.15) is 4.31 Å². The molecular formula is C29H28N2O4S. The highest BCUT2D eigenvalue weighted by Crippen LogP contribution is 2.25. The van der Waals surface area contributed by atoms with Crippen molar-refractivity contribution in [3.63, 3.8) is 0 Å². The summed E-state index contributed by atoms with van der Waals surface area (Å²) in [7, 11) is -2.42. The number of carbonyl (C=O) groups excluding carboxylic acids is 1. The zero-order valence-corrected chi connectivity index (χ0v) is 21.1. The van der Waals surface area contributed by atoms with Gasteiger partial charge in [0.15, 0.2) is 0 Å². The Balaban J connectivity index is 1.64. The van der Waals surface area contributed by atoms with Crippen LogP contribution in [0.2, 0.25) is 0 Å². The van der Waals surface area contributed by atoms with Crippen LogP contribution in [0.5, 0.6) is 0 Å². The fraction of sp³-hybridized carbons (Fsp3) is 0.172. The topological polar surface area (TPSA) is 76.6 Å². The summed E-state index contributed by atoms with van der Waals surface area (Å²) < 4.78 is 33.6. The molecule has 0 bridgehead atoms. The van der Waals surface area contributed by atoms with Gasteiger partial charge in [-0.3, -0.25) is 9.78 Å². The number of hydrogen-bond donors (Lipinski definition) is 0. The SMILES string of the molecule is COC(=O)C(C)c1cccc(CN(Cc2ccc(-c3cccnc3)cc2)S(=O)(=O)c2ccccc2)c1. The van der Waals surface area contributed by atoms with E-state index >= 15 is 0 Å². The molecule has 1 atom stereocenters. The molecule has 0 saturated carbocycles. The predicted octanol–water partition coefficient (Wildman–Crippen LogP) is 5.42. The van der Waals surface area contributed by atoms with Crippen molar-refractivity contribution in [3.8, 4) is 11.1 Å². The number of aromatic nitrogens is 1. The van der Waals surface area contributed by atoms with Gasteiger partial charge in [0.25, 0.3) is 0 Å². The minimum absolute atomic E-state index is 0.156. The highest BCUT2D eigenvalue weighted by molar-refractivity contribution is 7.89. The first kappa shape index (κ1) is 25.3. The Bertz CT molecular complexity index is 1410. The number of pyridine rings is 1. The van der Waals surface area contributed by atoms with Crippen molar-refractivity contribution in [1.82, 2.24) is 9.29 Å². The molecule has 6 nitrogen and oxygen atoms in total. The maximum Gasteiger partial charge on any atom is 0.312 e. The molecular weight excluding hydrogens is 472 g/mol. The number of esters is 1. The molecule has 0 fully saturated rings. The van der Waals surface area contributed by atoms with Crippen molar-refractivity contribution in [2.24, 2.45) is 0 Å². The summed E-state index contributed by atoms with van der Waals surface area (Å²) in [6, 6.07) is 27.5. The Hall–Kier alpha value is -3.81. The molecule has 36 heavy (non-hydrogen) atoms. The van der Waals surface area contributed by atoms with Crippen LogP contribution in [0, 0.1) is 0 Å². The van der Waals surface area contributed by atoms with Gasteiger partial charge in [0.2, 0.25) is 10.0 Å². The minimum Gasteiger partial charge on any atom is -0.469 e. The second kappa shape index (κ2) is 11.3. The van der Waals surface area contributed by atoms with Crippen LogP contribution in [0.15, 0.2) is 108 Å². The van der Waals surface area contributed by atoms with E-state index in [1.54, 1.807) is 49.6 Å². The van der Waals surface area contributed by atoms with E-state index in [4.69, 9.17) is 4.74 Å². The molecule has 184 valence electrons. The summed E-state index contributed by atoms with van der Waals surface area (Å²) in [5.41, 5.74) is 4.43. The lowest BCUT2D eigenvalue weighted by atomic mass is 9.99. The van der Waals surface area contributed by atoms with Crippen molar-refractivity contribution in [2.75, 3.05) is 7.11 Å². The summed E-state index contributed by atoms with van der Waals surface area (Å²) in [6.45, 7) is 2.12. The van der Waals surface area contributed by atoms with Crippen molar-refractivity contribution < 1.29 is 17.9 Å². The number of rotatable bonds is 9. The van der Waals surface area contributed by atoms with Gasteiger partial charge in [0.05, 0.1) is 17.9 Å². The van der Waals surface area contributed by atoms with Crippen LogP contribution < -0.4 is 0 Å². The monoisotopic (exact) mass is 500 g/mol. The quantitative estimate of drug-likeness (QED) is 0.287. The molecule has 0 radical (unpaired) electrons. The molecule has 0 N–H and O–H groups in total. The van der Waals surface area contributed by atoms with Crippen LogP contribution in [-0.2, 0) is 32.6 Å². The van der Waals surface area contributed by atoms with E-state index in [0.717, 1.165) is 27.8 Å². The van der Waals surface area contributed by atoms with Gasteiger partial charge in [-0.15, -0.1) is 0 Å². The minimum atomic E-state index is -3.78. The van der Waals surface area contributed by atoms with E-state index in [1.165, 1.54) is 11.4 Å². The van der Waals surface area contributed by atoms with Gasteiger partial charge in [-0.05, 0) is 52.9 Å². The Morgan fingerprint density at radius 3 is 2.25 bits per heavy atom. The Kier molecular flexibility index (Phi) is 7.93. The zero-order chi connectivity index (χ0) is 25.5. The molecule has 4 rings (SSSR count). The van der Waals surface area contributed by atoms with Crippen LogP contribution in [0.3, 0.4) is 0 Å². The standard InChI is InChI=1S/C29H28N2O4S/c1-22(29(32)35-2)26-9-6-8-24(18-26)21-31(36(33,34)28-11-4-3-5-12-28)20-23-13-15-25(16-14-23)27-10-7-17-30-19-27/h3-19,22H,20-21H2,1-2H3. The molecule has 0 aliphatic rings. The van der Waals surface area contributed by atoms with Crippen LogP contribution in [0.1, 0.15) is 29.5 Å². The second-order valence-electron chi connectivity index (χ2n) is 8.51. The first-order chi connectivity index (χ1) is 17.4. The molecule has 4 aromatic rings. The third kappa shape index (κ3) is 5.87. The molecule has 1 heterocycles. The first-order valence-corrected chi connectivity index (χ1v) is 13.0. The smallest absolute Gasteiger partial charge is 0.312 e. The predicted molar refractivity (Wildman–Crippen MR) is 139 cm³/mol. The molecule has 1 unspecified atom stereocenters. The summed E-state index contributed by atoms with van der Waals surface area (Å²) in [5.74, 6) is -0.788. The van der Waals surface area contributed by atoms with Crippen molar-refractivity contribution >= 4 is 16.0 Å². The lowest BCUT2D eigenvalue weighted by molar-refractivity contribution is -0.141. The molecule has 0 spiro atoms. The molecule has 7 heteroatoms. The molecule has 0 amide bonds. The van der Waals surface area contributed by atoms with Crippen LogP contribution in [-0.4, -0.2) is 30.8 Å². The van der Waals surface area contributed by atoms with E-state index in [1.807, 2.05) is 60.7 Å². The number of benzene rings is 3. The van der Waals surface area contributed by atoms with Crippen LogP contribution in [0.4, 0.5) is 0 Å². The number of hydrogen-bond acceptors (Lipinski definition) is 5. The Labute approximate surface area is 212 Å².